The summed E-state index contributed by atoms with van der Waals surface area (Å²) >= 11 is 0. The Labute approximate surface area is 138 Å². The third-order valence-electron chi connectivity index (χ3n) is 3.83. The summed E-state index contributed by atoms with van der Waals surface area (Å²) in [4.78, 5) is 12.0. The average Bonchev–Trinajstić information content (AvgIpc) is 3.08. The first-order valence-corrected chi connectivity index (χ1v) is 9.14. The normalized spacial score (nSPS) is 18.5. The lowest BCUT2D eigenvalue weighted by Crippen LogP contribution is -2.38. The van der Waals surface area contributed by atoms with Crippen molar-refractivity contribution in [3.05, 3.63) is 52.5 Å². The van der Waals surface area contributed by atoms with Crippen molar-refractivity contribution in [3.8, 4) is 0 Å². The van der Waals surface area contributed by atoms with Crippen LogP contribution in [0.1, 0.15) is 11.9 Å². The van der Waals surface area contributed by atoms with Crippen LogP contribution in [0.25, 0.3) is 0 Å². The number of morpholine rings is 1. The Hall–Kier alpha value is -2.39. The van der Waals surface area contributed by atoms with Crippen LogP contribution in [0.3, 0.4) is 0 Å². The predicted molar refractivity (Wildman–Crippen MR) is 85.8 cm³/mol. The zero-order valence-electron chi connectivity index (χ0n) is 12.9. The number of sulfone groups is 1. The van der Waals surface area contributed by atoms with E-state index in [1.54, 1.807) is 18.4 Å². The van der Waals surface area contributed by atoms with Gasteiger partial charge in [0.1, 0.15) is 16.8 Å². The summed E-state index contributed by atoms with van der Waals surface area (Å²) in [7, 11) is -3.71. The van der Waals surface area contributed by atoms with Crippen molar-refractivity contribution in [2.45, 2.75) is 11.0 Å². The first-order valence-electron chi connectivity index (χ1n) is 7.25. The third kappa shape index (κ3) is 3.26. The van der Waals surface area contributed by atoms with E-state index in [9.17, 15) is 18.5 Å². The van der Waals surface area contributed by atoms with E-state index in [1.807, 2.05) is 11.0 Å². The quantitative estimate of drug-likeness (QED) is 0.613. The molecule has 3 rings (SSSR count). The van der Waals surface area contributed by atoms with Crippen molar-refractivity contribution >= 4 is 21.2 Å². The number of furan rings is 1. The van der Waals surface area contributed by atoms with Crippen molar-refractivity contribution in [2.24, 2.45) is 0 Å². The van der Waals surface area contributed by atoms with Gasteiger partial charge in [0, 0.05) is 24.6 Å². The molecule has 1 atom stereocenters. The fraction of sp³-hybridized carbons (Fsp3) is 0.333. The van der Waals surface area contributed by atoms with Gasteiger partial charge in [0.15, 0.2) is 9.84 Å². The van der Waals surface area contributed by atoms with Gasteiger partial charge in [-0.1, -0.05) is 0 Å². The second kappa shape index (κ2) is 6.25. The minimum absolute atomic E-state index is 0.273. The molecule has 1 unspecified atom stereocenters. The fourth-order valence-corrected chi connectivity index (χ4v) is 3.54. The van der Waals surface area contributed by atoms with E-state index in [1.165, 1.54) is 12.1 Å². The van der Waals surface area contributed by atoms with E-state index >= 15 is 0 Å². The van der Waals surface area contributed by atoms with Gasteiger partial charge in [-0.2, -0.15) is 0 Å². The highest BCUT2D eigenvalue weighted by molar-refractivity contribution is 7.90. The summed E-state index contributed by atoms with van der Waals surface area (Å²) in [5.74, 6) is 0.685. The Balaban J connectivity index is 1.93. The molecular formula is C15H16N2O6S. The minimum atomic E-state index is -3.71. The smallest absolute Gasteiger partial charge is 0.288 e. The molecule has 0 spiro atoms. The van der Waals surface area contributed by atoms with Crippen molar-refractivity contribution in [3.63, 3.8) is 0 Å². The second-order valence-corrected chi connectivity index (χ2v) is 7.49. The zero-order chi connectivity index (χ0) is 17.3. The van der Waals surface area contributed by atoms with Crippen molar-refractivity contribution in [1.82, 2.24) is 0 Å². The van der Waals surface area contributed by atoms with Crippen molar-refractivity contribution in [1.29, 1.82) is 0 Å². The molecule has 0 bridgehead atoms. The zero-order valence-corrected chi connectivity index (χ0v) is 13.7. The van der Waals surface area contributed by atoms with Crippen LogP contribution in [-0.4, -0.2) is 39.3 Å². The maximum absolute atomic E-state index is 11.9. The third-order valence-corrected chi connectivity index (χ3v) is 4.96. The highest BCUT2D eigenvalue weighted by Crippen LogP contribution is 2.31. The molecule has 0 radical (unpaired) electrons. The van der Waals surface area contributed by atoms with Crippen LogP contribution in [0.4, 0.5) is 11.4 Å². The Bertz CT molecular complexity index is 847. The van der Waals surface area contributed by atoms with Gasteiger partial charge in [-0.15, -0.1) is 0 Å². The van der Waals surface area contributed by atoms with Gasteiger partial charge in [0.2, 0.25) is 0 Å². The van der Waals surface area contributed by atoms with Crippen LogP contribution >= 0.6 is 0 Å². The molecule has 8 nitrogen and oxygen atoms in total. The summed E-state index contributed by atoms with van der Waals surface area (Å²) in [5.41, 5.74) is 0.179. The molecular weight excluding hydrogens is 336 g/mol. The standard InChI is InChI=1S/C15H16N2O6S/c1-24(20,21)15-9-11(4-5-12(15)17(18)19)16-6-8-23-14(10-16)13-3-2-7-22-13/h2-5,7,9,14H,6,8,10H2,1H3. The van der Waals surface area contributed by atoms with E-state index < -0.39 is 20.4 Å². The maximum atomic E-state index is 11.9. The maximum Gasteiger partial charge on any atom is 0.288 e. The molecule has 1 aromatic heterocycles. The summed E-state index contributed by atoms with van der Waals surface area (Å²) in [6.45, 7) is 1.46. The lowest BCUT2D eigenvalue weighted by atomic mass is 10.2. The van der Waals surface area contributed by atoms with Crippen molar-refractivity contribution < 1.29 is 22.5 Å². The van der Waals surface area contributed by atoms with Crippen LogP contribution in [0.5, 0.6) is 0 Å². The summed E-state index contributed by atoms with van der Waals surface area (Å²) in [6.07, 6.45) is 2.25. The number of hydrogen-bond acceptors (Lipinski definition) is 7. The number of rotatable bonds is 4. The number of ether oxygens (including phenoxy) is 1. The van der Waals surface area contributed by atoms with Crippen LogP contribution in [0.15, 0.2) is 45.9 Å². The molecule has 1 saturated heterocycles. The molecule has 1 aromatic carbocycles. The highest BCUT2D eigenvalue weighted by Gasteiger charge is 2.27. The fourth-order valence-electron chi connectivity index (χ4n) is 2.68. The Kier molecular flexibility index (Phi) is 4.29. The Morgan fingerprint density at radius 2 is 2.12 bits per heavy atom. The average molecular weight is 352 g/mol. The highest BCUT2D eigenvalue weighted by atomic mass is 32.2. The molecule has 1 fully saturated rings. The number of anilines is 1. The molecule has 24 heavy (non-hydrogen) atoms. The molecule has 0 aliphatic carbocycles. The minimum Gasteiger partial charge on any atom is -0.467 e. The number of nitro groups is 1. The van der Waals surface area contributed by atoms with Crippen LogP contribution < -0.4 is 4.90 Å². The number of nitrogens with zero attached hydrogens (tertiary/aromatic N) is 2. The predicted octanol–water partition coefficient (Wildman–Crippen LogP) is 2.17. The van der Waals surface area contributed by atoms with Gasteiger partial charge in [-0.05, 0) is 24.3 Å². The van der Waals surface area contributed by atoms with Gasteiger partial charge in [0.05, 0.1) is 24.3 Å². The summed E-state index contributed by atoms with van der Waals surface area (Å²) < 4.78 is 34.8. The van der Waals surface area contributed by atoms with Crippen LogP contribution in [0, 0.1) is 10.1 Å². The lowest BCUT2D eigenvalue weighted by Gasteiger charge is -2.33. The first-order chi connectivity index (χ1) is 11.4. The van der Waals surface area contributed by atoms with Crippen molar-refractivity contribution in [2.75, 3.05) is 30.9 Å². The Morgan fingerprint density at radius 3 is 2.75 bits per heavy atom. The molecule has 128 valence electrons. The van der Waals surface area contributed by atoms with Crippen LogP contribution in [0.2, 0.25) is 0 Å². The number of benzene rings is 1. The van der Waals surface area contributed by atoms with Crippen LogP contribution in [-0.2, 0) is 14.6 Å². The summed E-state index contributed by atoms with van der Waals surface area (Å²) in [5, 5.41) is 11.1. The Morgan fingerprint density at radius 1 is 1.33 bits per heavy atom. The first kappa shape index (κ1) is 16.5. The monoisotopic (exact) mass is 352 g/mol. The van der Waals surface area contributed by atoms with E-state index in [0.29, 0.717) is 31.1 Å². The number of nitro benzene ring substituents is 1. The molecule has 0 amide bonds. The molecule has 0 saturated carbocycles. The molecule has 2 heterocycles. The second-order valence-electron chi connectivity index (χ2n) is 5.50. The van der Waals surface area contributed by atoms with Gasteiger partial charge < -0.3 is 14.1 Å². The van der Waals surface area contributed by atoms with E-state index in [-0.39, 0.29) is 11.0 Å². The van der Waals surface area contributed by atoms with Gasteiger partial charge in [-0.3, -0.25) is 10.1 Å². The SMILES string of the molecule is CS(=O)(=O)c1cc(N2CCOC(c3ccco3)C2)ccc1[N+](=O)[O-]. The lowest BCUT2D eigenvalue weighted by molar-refractivity contribution is -0.387. The number of hydrogen-bond donors (Lipinski definition) is 0. The topological polar surface area (TPSA) is 103 Å². The molecule has 2 aromatic rings. The van der Waals surface area contributed by atoms with E-state index in [0.717, 1.165) is 6.26 Å². The molecule has 0 N–H and O–H groups in total. The molecule has 1 aliphatic rings. The van der Waals surface area contributed by atoms with E-state index in [4.69, 9.17) is 9.15 Å². The van der Waals surface area contributed by atoms with E-state index in [2.05, 4.69) is 0 Å². The van der Waals surface area contributed by atoms with Gasteiger partial charge >= 0.3 is 0 Å². The molecule has 9 heteroatoms. The van der Waals surface area contributed by atoms with Gasteiger partial charge in [0.25, 0.3) is 5.69 Å². The largest absolute Gasteiger partial charge is 0.467 e. The van der Waals surface area contributed by atoms with Gasteiger partial charge in [-0.25, -0.2) is 8.42 Å². The summed E-state index contributed by atoms with van der Waals surface area (Å²) in [6, 6.07) is 7.70. The molecule has 1 aliphatic heterocycles.